The van der Waals surface area contributed by atoms with Crippen LogP contribution in [0.3, 0.4) is 0 Å². The lowest BCUT2D eigenvalue weighted by atomic mass is 9.98. The molecule has 1 amide bonds. The van der Waals surface area contributed by atoms with Crippen molar-refractivity contribution in [3.8, 4) is 11.5 Å². The standard InChI is InChI=1S/C20H24N2O5/c1-5-13(2)16-8-6-7-9-18(16)27-14(3)20(23)21-17-11-10-15(22(24)25)12-19(17)26-4/h6-14H,5H2,1-4H3,(H,21,23). The number of hydrogen-bond acceptors (Lipinski definition) is 5. The third-order valence-corrected chi connectivity index (χ3v) is 4.39. The second-order valence-corrected chi connectivity index (χ2v) is 6.24. The molecule has 0 radical (unpaired) electrons. The number of amides is 1. The highest BCUT2D eigenvalue weighted by atomic mass is 16.6. The molecule has 0 heterocycles. The molecule has 0 spiro atoms. The van der Waals surface area contributed by atoms with Crippen LogP contribution in [0.4, 0.5) is 11.4 Å². The maximum absolute atomic E-state index is 12.5. The van der Waals surface area contributed by atoms with Crippen LogP contribution in [-0.4, -0.2) is 24.0 Å². The largest absolute Gasteiger partial charge is 0.494 e. The highest BCUT2D eigenvalue weighted by Gasteiger charge is 2.20. The molecule has 0 bridgehead atoms. The van der Waals surface area contributed by atoms with E-state index in [0.717, 1.165) is 12.0 Å². The van der Waals surface area contributed by atoms with Crippen molar-refractivity contribution in [3.63, 3.8) is 0 Å². The number of hydrogen-bond donors (Lipinski definition) is 1. The van der Waals surface area contributed by atoms with E-state index in [1.807, 2.05) is 24.3 Å². The van der Waals surface area contributed by atoms with Crippen molar-refractivity contribution in [2.24, 2.45) is 0 Å². The number of nitro groups is 1. The molecule has 144 valence electrons. The minimum atomic E-state index is -0.755. The molecule has 0 aliphatic heterocycles. The van der Waals surface area contributed by atoms with Crippen molar-refractivity contribution in [1.29, 1.82) is 0 Å². The van der Waals surface area contributed by atoms with Crippen molar-refractivity contribution in [2.45, 2.75) is 39.2 Å². The monoisotopic (exact) mass is 372 g/mol. The highest BCUT2D eigenvalue weighted by molar-refractivity contribution is 5.95. The van der Waals surface area contributed by atoms with Gasteiger partial charge in [0.25, 0.3) is 11.6 Å². The van der Waals surface area contributed by atoms with E-state index in [4.69, 9.17) is 9.47 Å². The van der Waals surface area contributed by atoms with Gasteiger partial charge in [0.15, 0.2) is 6.10 Å². The number of ether oxygens (including phenoxy) is 2. The summed E-state index contributed by atoms with van der Waals surface area (Å²) in [7, 11) is 1.39. The van der Waals surface area contributed by atoms with E-state index in [-0.39, 0.29) is 17.3 Å². The van der Waals surface area contributed by atoms with E-state index in [2.05, 4.69) is 19.2 Å². The summed E-state index contributed by atoms with van der Waals surface area (Å²) in [6, 6.07) is 11.7. The van der Waals surface area contributed by atoms with Crippen LogP contribution >= 0.6 is 0 Å². The van der Waals surface area contributed by atoms with Crippen molar-refractivity contribution in [1.82, 2.24) is 0 Å². The van der Waals surface area contributed by atoms with E-state index in [0.29, 0.717) is 17.4 Å². The van der Waals surface area contributed by atoms with Gasteiger partial charge in [0.1, 0.15) is 11.5 Å². The molecule has 2 aromatic carbocycles. The zero-order chi connectivity index (χ0) is 20.0. The molecule has 2 unspecified atom stereocenters. The lowest BCUT2D eigenvalue weighted by Gasteiger charge is -2.20. The van der Waals surface area contributed by atoms with Crippen LogP contribution in [0.15, 0.2) is 42.5 Å². The molecular weight excluding hydrogens is 348 g/mol. The second kappa shape index (κ2) is 9.02. The van der Waals surface area contributed by atoms with E-state index >= 15 is 0 Å². The van der Waals surface area contributed by atoms with Crippen molar-refractivity contribution in [3.05, 3.63) is 58.1 Å². The fraction of sp³-hybridized carbons (Fsp3) is 0.350. The highest BCUT2D eigenvalue weighted by Crippen LogP contribution is 2.31. The van der Waals surface area contributed by atoms with Crippen LogP contribution in [0.2, 0.25) is 0 Å². The lowest BCUT2D eigenvalue weighted by Crippen LogP contribution is -2.30. The predicted octanol–water partition coefficient (Wildman–Crippen LogP) is 4.52. The number of rotatable bonds is 8. The molecule has 2 atom stereocenters. The van der Waals surface area contributed by atoms with Gasteiger partial charge in [-0.25, -0.2) is 0 Å². The molecule has 2 rings (SSSR count). The smallest absolute Gasteiger partial charge is 0.273 e. The number of nitro benzene ring substituents is 1. The van der Waals surface area contributed by atoms with E-state index in [1.54, 1.807) is 6.92 Å². The number of benzene rings is 2. The summed E-state index contributed by atoms with van der Waals surface area (Å²) in [5.74, 6) is 0.822. The number of nitrogens with one attached hydrogen (secondary N) is 1. The Morgan fingerprint density at radius 1 is 1.19 bits per heavy atom. The van der Waals surface area contributed by atoms with Gasteiger partial charge < -0.3 is 14.8 Å². The van der Waals surface area contributed by atoms with Gasteiger partial charge in [0.05, 0.1) is 23.8 Å². The topological polar surface area (TPSA) is 90.7 Å². The third kappa shape index (κ3) is 4.97. The minimum Gasteiger partial charge on any atom is -0.494 e. The van der Waals surface area contributed by atoms with Gasteiger partial charge in [-0.05, 0) is 37.0 Å². The number of carbonyl (C=O) groups excluding carboxylic acids is 1. The molecule has 7 heteroatoms. The summed E-state index contributed by atoms with van der Waals surface area (Å²) in [6.07, 6.45) is 0.205. The number of anilines is 1. The number of non-ortho nitro benzene ring substituents is 1. The van der Waals surface area contributed by atoms with Crippen LogP contribution < -0.4 is 14.8 Å². The Bertz CT molecular complexity index is 822. The van der Waals surface area contributed by atoms with E-state index in [9.17, 15) is 14.9 Å². The van der Waals surface area contributed by atoms with Gasteiger partial charge in [-0.15, -0.1) is 0 Å². The Balaban J connectivity index is 2.14. The molecule has 0 fully saturated rings. The number of nitrogens with zero attached hydrogens (tertiary/aromatic N) is 1. The lowest BCUT2D eigenvalue weighted by molar-refractivity contribution is -0.384. The zero-order valence-corrected chi connectivity index (χ0v) is 15.9. The molecule has 0 aromatic heterocycles. The molecule has 0 aliphatic rings. The Morgan fingerprint density at radius 2 is 1.89 bits per heavy atom. The summed E-state index contributed by atoms with van der Waals surface area (Å²) in [5.41, 5.74) is 1.28. The Hall–Kier alpha value is -3.09. The summed E-state index contributed by atoms with van der Waals surface area (Å²) in [5, 5.41) is 13.6. The van der Waals surface area contributed by atoms with Crippen LogP contribution in [0.25, 0.3) is 0 Å². The third-order valence-electron chi connectivity index (χ3n) is 4.39. The first-order valence-corrected chi connectivity index (χ1v) is 8.76. The number of carbonyl (C=O) groups is 1. The molecular formula is C20H24N2O5. The minimum absolute atomic E-state index is 0.114. The summed E-state index contributed by atoms with van der Waals surface area (Å²) >= 11 is 0. The number of methoxy groups -OCH3 is 1. The van der Waals surface area contributed by atoms with Gasteiger partial charge in [0.2, 0.25) is 0 Å². The average molecular weight is 372 g/mol. The fourth-order valence-electron chi connectivity index (χ4n) is 2.59. The first-order valence-electron chi connectivity index (χ1n) is 8.76. The van der Waals surface area contributed by atoms with Crippen molar-refractivity contribution in [2.75, 3.05) is 12.4 Å². The normalized spacial score (nSPS) is 12.7. The maximum atomic E-state index is 12.5. The molecule has 27 heavy (non-hydrogen) atoms. The van der Waals surface area contributed by atoms with Gasteiger partial charge in [-0.3, -0.25) is 14.9 Å². The molecule has 7 nitrogen and oxygen atoms in total. The molecule has 1 N–H and O–H groups in total. The Morgan fingerprint density at radius 3 is 2.52 bits per heavy atom. The van der Waals surface area contributed by atoms with Crippen LogP contribution in [0.5, 0.6) is 11.5 Å². The first kappa shape index (κ1) is 20.2. The van der Waals surface area contributed by atoms with Gasteiger partial charge in [-0.2, -0.15) is 0 Å². The molecule has 2 aromatic rings. The molecule has 0 saturated heterocycles. The predicted molar refractivity (Wildman–Crippen MR) is 104 cm³/mol. The number of para-hydroxylation sites is 1. The Labute approximate surface area is 158 Å². The zero-order valence-electron chi connectivity index (χ0n) is 15.9. The van der Waals surface area contributed by atoms with Crippen molar-refractivity contribution < 1.29 is 19.2 Å². The molecule has 0 aliphatic carbocycles. The van der Waals surface area contributed by atoms with Gasteiger partial charge in [-0.1, -0.05) is 32.0 Å². The van der Waals surface area contributed by atoms with E-state index in [1.165, 1.54) is 25.3 Å². The summed E-state index contributed by atoms with van der Waals surface area (Å²) in [4.78, 5) is 22.9. The maximum Gasteiger partial charge on any atom is 0.273 e. The Kier molecular flexibility index (Phi) is 6.76. The van der Waals surface area contributed by atoms with Gasteiger partial charge in [0, 0.05) is 6.07 Å². The SMILES string of the molecule is CCC(C)c1ccccc1OC(C)C(=O)Nc1ccc([N+](=O)[O-])cc1OC. The van der Waals surface area contributed by atoms with E-state index < -0.39 is 11.0 Å². The quantitative estimate of drug-likeness (QED) is 0.543. The average Bonchev–Trinajstić information content (AvgIpc) is 2.67. The van der Waals surface area contributed by atoms with Crippen molar-refractivity contribution >= 4 is 17.3 Å². The summed E-state index contributed by atoms with van der Waals surface area (Å²) in [6.45, 7) is 5.85. The summed E-state index contributed by atoms with van der Waals surface area (Å²) < 4.78 is 11.0. The molecule has 0 saturated carbocycles. The van der Waals surface area contributed by atoms with Crippen LogP contribution in [-0.2, 0) is 4.79 Å². The second-order valence-electron chi connectivity index (χ2n) is 6.24. The van der Waals surface area contributed by atoms with Gasteiger partial charge >= 0.3 is 0 Å². The van der Waals surface area contributed by atoms with Crippen LogP contribution in [0.1, 0.15) is 38.7 Å². The van der Waals surface area contributed by atoms with Crippen LogP contribution in [0, 0.1) is 10.1 Å². The first-order chi connectivity index (χ1) is 12.9. The fourth-order valence-corrected chi connectivity index (χ4v) is 2.59.